The number of amides is 1. The Morgan fingerprint density at radius 2 is 1.96 bits per heavy atom. The van der Waals surface area contributed by atoms with E-state index in [4.69, 9.17) is 4.74 Å². The van der Waals surface area contributed by atoms with Crippen molar-refractivity contribution in [3.63, 3.8) is 0 Å². The van der Waals surface area contributed by atoms with Gasteiger partial charge in [-0.25, -0.2) is 9.37 Å². The predicted octanol–water partition coefficient (Wildman–Crippen LogP) is 3.50. The monoisotopic (exact) mass is 399 g/mol. The first kappa shape index (κ1) is 19.6. The zero-order valence-corrected chi connectivity index (χ0v) is 15.9. The first-order chi connectivity index (χ1) is 13.6. The summed E-state index contributed by atoms with van der Waals surface area (Å²) in [7, 11) is 0. The number of nitrogens with one attached hydrogen (secondary N) is 1. The van der Waals surface area contributed by atoms with Crippen LogP contribution in [0.3, 0.4) is 0 Å². The third-order valence-electron chi connectivity index (χ3n) is 3.72. The molecule has 144 valence electrons. The van der Waals surface area contributed by atoms with Gasteiger partial charge in [-0.3, -0.25) is 14.2 Å². The molecule has 1 heterocycles. The summed E-state index contributed by atoms with van der Waals surface area (Å²) in [5.74, 6) is -0.291. The fraction of sp³-hybridized carbons (Fsp3) is 0.150. The van der Waals surface area contributed by atoms with E-state index in [0.717, 1.165) is 11.8 Å². The van der Waals surface area contributed by atoms with E-state index < -0.39 is 11.7 Å². The fourth-order valence-corrected chi connectivity index (χ4v) is 3.15. The topological polar surface area (TPSA) is 73.2 Å². The maximum absolute atomic E-state index is 13.6. The number of para-hydroxylation sites is 1. The first-order valence-corrected chi connectivity index (χ1v) is 9.55. The van der Waals surface area contributed by atoms with Crippen molar-refractivity contribution in [2.24, 2.45) is 0 Å². The van der Waals surface area contributed by atoms with Gasteiger partial charge in [-0.2, -0.15) is 0 Å². The molecule has 0 atom stereocenters. The van der Waals surface area contributed by atoms with Gasteiger partial charge in [0.1, 0.15) is 11.6 Å². The second-order valence-electron chi connectivity index (χ2n) is 5.65. The van der Waals surface area contributed by atoms with Crippen LogP contribution in [0.5, 0.6) is 5.75 Å². The Balaban J connectivity index is 1.70. The molecule has 1 aromatic heterocycles. The summed E-state index contributed by atoms with van der Waals surface area (Å²) in [4.78, 5) is 28.8. The lowest BCUT2D eigenvalue weighted by molar-refractivity contribution is -0.113. The first-order valence-electron chi connectivity index (χ1n) is 8.56. The van der Waals surface area contributed by atoms with Crippen LogP contribution < -0.4 is 15.6 Å². The zero-order valence-electron chi connectivity index (χ0n) is 15.1. The van der Waals surface area contributed by atoms with E-state index in [-0.39, 0.29) is 22.0 Å². The van der Waals surface area contributed by atoms with E-state index in [2.05, 4.69) is 10.3 Å². The number of carbonyl (C=O) groups is 1. The average molecular weight is 399 g/mol. The van der Waals surface area contributed by atoms with Gasteiger partial charge in [-0.05, 0) is 43.3 Å². The predicted molar refractivity (Wildman–Crippen MR) is 107 cm³/mol. The Bertz CT molecular complexity index is 1020. The highest BCUT2D eigenvalue weighted by Gasteiger charge is 2.11. The summed E-state index contributed by atoms with van der Waals surface area (Å²) in [6, 6.07) is 13.0. The molecule has 0 bridgehead atoms. The molecule has 8 heteroatoms. The number of rotatable bonds is 7. The van der Waals surface area contributed by atoms with E-state index in [1.165, 1.54) is 29.0 Å². The van der Waals surface area contributed by atoms with Gasteiger partial charge in [-0.15, -0.1) is 0 Å². The van der Waals surface area contributed by atoms with Crippen LogP contribution in [0.1, 0.15) is 6.92 Å². The molecule has 0 fully saturated rings. The van der Waals surface area contributed by atoms with E-state index >= 15 is 0 Å². The number of nitrogens with zero attached hydrogens (tertiary/aromatic N) is 2. The lowest BCUT2D eigenvalue weighted by atomic mass is 10.3. The highest BCUT2D eigenvalue weighted by atomic mass is 32.2. The standard InChI is InChI=1S/C20H18FN3O3S/c1-2-27-15-9-7-14(8-10-15)24-12-11-22-19(20(24)26)28-13-18(25)23-17-6-4-3-5-16(17)21/h3-12H,2,13H2,1H3,(H,23,25). The quantitative estimate of drug-likeness (QED) is 0.616. The average Bonchev–Trinajstić information content (AvgIpc) is 2.70. The molecular formula is C20H18FN3O3S. The van der Waals surface area contributed by atoms with Crippen LogP contribution in [0.15, 0.2) is 70.7 Å². The molecule has 0 radical (unpaired) electrons. The SMILES string of the molecule is CCOc1ccc(-n2ccnc(SCC(=O)Nc3ccccc3F)c2=O)cc1. The van der Waals surface area contributed by atoms with Crippen LogP contribution in [0.25, 0.3) is 5.69 Å². The number of hydrogen-bond donors (Lipinski definition) is 1. The Hall–Kier alpha value is -3.13. The van der Waals surface area contributed by atoms with Crippen molar-refractivity contribution in [2.45, 2.75) is 11.9 Å². The maximum atomic E-state index is 13.6. The van der Waals surface area contributed by atoms with Crippen molar-refractivity contribution in [2.75, 3.05) is 17.7 Å². The van der Waals surface area contributed by atoms with E-state index in [9.17, 15) is 14.0 Å². The molecule has 0 aliphatic carbocycles. The van der Waals surface area contributed by atoms with Gasteiger partial charge in [0, 0.05) is 18.1 Å². The van der Waals surface area contributed by atoms with E-state index in [1.807, 2.05) is 6.92 Å². The fourth-order valence-electron chi connectivity index (χ4n) is 2.45. The molecule has 0 aliphatic heterocycles. The molecule has 0 saturated heterocycles. The summed E-state index contributed by atoms with van der Waals surface area (Å²) in [5.41, 5.74) is 0.421. The van der Waals surface area contributed by atoms with Gasteiger partial charge in [-0.1, -0.05) is 23.9 Å². The number of thioether (sulfide) groups is 1. The molecular weight excluding hydrogens is 381 g/mol. The minimum absolute atomic E-state index is 0.0656. The van der Waals surface area contributed by atoms with Crippen LogP contribution >= 0.6 is 11.8 Å². The third-order valence-corrected chi connectivity index (χ3v) is 4.68. The van der Waals surface area contributed by atoms with Crippen molar-refractivity contribution < 1.29 is 13.9 Å². The minimum atomic E-state index is -0.517. The number of halogens is 1. The van der Waals surface area contributed by atoms with Gasteiger partial charge in [0.2, 0.25) is 5.91 Å². The van der Waals surface area contributed by atoms with Crippen LogP contribution in [-0.4, -0.2) is 27.8 Å². The normalized spacial score (nSPS) is 10.5. The molecule has 3 rings (SSSR count). The molecule has 6 nitrogen and oxygen atoms in total. The number of aromatic nitrogens is 2. The summed E-state index contributed by atoms with van der Waals surface area (Å²) in [6.45, 7) is 2.46. The van der Waals surface area contributed by atoms with Gasteiger partial charge < -0.3 is 10.1 Å². The van der Waals surface area contributed by atoms with Crippen LogP contribution in [0, 0.1) is 5.82 Å². The number of ether oxygens (including phenoxy) is 1. The Morgan fingerprint density at radius 3 is 2.68 bits per heavy atom. The second kappa shape index (κ2) is 9.18. The minimum Gasteiger partial charge on any atom is -0.494 e. The van der Waals surface area contributed by atoms with Gasteiger partial charge in [0.15, 0.2) is 5.03 Å². The summed E-state index contributed by atoms with van der Waals surface area (Å²) < 4.78 is 20.4. The molecule has 0 spiro atoms. The summed E-state index contributed by atoms with van der Waals surface area (Å²) >= 11 is 0.997. The lowest BCUT2D eigenvalue weighted by Crippen LogP contribution is -2.22. The third kappa shape index (κ3) is 4.77. The maximum Gasteiger partial charge on any atom is 0.287 e. The molecule has 0 unspecified atom stereocenters. The lowest BCUT2D eigenvalue weighted by Gasteiger charge is -2.09. The van der Waals surface area contributed by atoms with E-state index in [1.54, 1.807) is 36.5 Å². The Labute approximate surface area is 165 Å². The smallest absolute Gasteiger partial charge is 0.287 e. The molecule has 2 aromatic carbocycles. The molecule has 0 aliphatic rings. The largest absolute Gasteiger partial charge is 0.494 e. The molecule has 28 heavy (non-hydrogen) atoms. The van der Waals surface area contributed by atoms with Crippen molar-refractivity contribution in [3.8, 4) is 11.4 Å². The number of benzene rings is 2. The highest BCUT2D eigenvalue weighted by Crippen LogP contribution is 2.17. The van der Waals surface area contributed by atoms with Crippen molar-refractivity contribution >= 4 is 23.4 Å². The molecule has 1 amide bonds. The number of carbonyl (C=O) groups excluding carboxylic acids is 1. The number of hydrogen-bond acceptors (Lipinski definition) is 5. The Morgan fingerprint density at radius 1 is 1.21 bits per heavy atom. The van der Waals surface area contributed by atoms with E-state index in [0.29, 0.717) is 18.0 Å². The van der Waals surface area contributed by atoms with Crippen LogP contribution in [0.2, 0.25) is 0 Å². The van der Waals surface area contributed by atoms with Crippen LogP contribution in [0.4, 0.5) is 10.1 Å². The summed E-state index contributed by atoms with van der Waals surface area (Å²) in [6.07, 6.45) is 3.05. The zero-order chi connectivity index (χ0) is 19.9. The summed E-state index contributed by atoms with van der Waals surface area (Å²) in [5, 5.41) is 2.66. The van der Waals surface area contributed by atoms with Gasteiger partial charge in [0.25, 0.3) is 5.56 Å². The second-order valence-corrected chi connectivity index (χ2v) is 6.62. The van der Waals surface area contributed by atoms with Crippen molar-refractivity contribution in [3.05, 3.63) is 77.1 Å². The van der Waals surface area contributed by atoms with Crippen molar-refractivity contribution in [1.29, 1.82) is 0 Å². The van der Waals surface area contributed by atoms with Crippen molar-refractivity contribution in [1.82, 2.24) is 9.55 Å². The van der Waals surface area contributed by atoms with Gasteiger partial charge in [0.05, 0.1) is 18.0 Å². The van der Waals surface area contributed by atoms with Gasteiger partial charge >= 0.3 is 0 Å². The number of anilines is 1. The molecule has 1 N–H and O–H groups in total. The molecule has 0 saturated carbocycles. The molecule has 3 aromatic rings. The Kier molecular flexibility index (Phi) is 6.44. The highest BCUT2D eigenvalue weighted by molar-refractivity contribution is 7.99. The van der Waals surface area contributed by atoms with Crippen LogP contribution in [-0.2, 0) is 4.79 Å².